The molecular formula is C29H42N2O5Si. The van der Waals surface area contributed by atoms with Crippen LogP contribution in [-0.4, -0.2) is 69.8 Å². The largest absolute Gasteiger partial charge is 0.467 e. The minimum atomic E-state index is -2.13. The maximum atomic E-state index is 14.2. The number of hydrogen-bond acceptors (Lipinski definition) is 6. The summed E-state index contributed by atoms with van der Waals surface area (Å²) in [5.74, 6) is -0.424. The highest BCUT2D eigenvalue weighted by Gasteiger charge is 2.94. The molecule has 0 N–H and O–H groups in total. The van der Waals surface area contributed by atoms with Crippen molar-refractivity contribution in [2.45, 2.75) is 94.3 Å². The number of rotatable bonds is 5. The van der Waals surface area contributed by atoms with Crippen molar-refractivity contribution in [2.75, 3.05) is 32.2 Å². The van der Waals surface area contributed by atoms with E-state index in [1.54, 1.807) is 0 Å². The Balaban J connectivity index is 1.63. The van der Waals surface area contributed by atoms with E-state index in [2.05, 4.69) is 77.0 Å². The zero-order valence-corrected chi connectivity index (χ0v) is 24.6. The number of carbonyl (C=O) groups excluding carboxylic acids is 2. The number of hydrogen-bond donors (Lipinski definition) is 0. The SMILES string of the molecule is CC[C@@]12CCC(=O)N3CC[C@]45c6ccccc6N(C)[C@H]4[C@](C(=O)OC)(O[C@@]315)[C@H]2CO[Si](C)(C)C(C)(C)C. The summed E-state index contributed by atoms with van der Waals surface area (Å²) in [5, 5.41) is 0.0354. The number of nitrogens with zero attached hydrogens (tertiary/aromatic N) is 2. The molecule has 8 heteroatoms. The number of likely N-dealkylation sites (N-methyl/N-ethyl adjacent to an activating group) is 1. The number of amides is 1. The van der Waals surface area contributed by atoms with Crippen molar-refractivity contribution < 1.29 is 23.5 Å². The molecule has 0 aliphatic carbocycles. The summed E-state index contributed by atoms with van der Waals surface area (Å²) in [6.45, 7) is 14.5. The van der Waals surface area contributed by atoms with E-state index in [4.69, 9.17) is 13.9 Å². The van der Waals surface area contributed by atoms with Crippen molar-refractivity contribution in [1.82, 2.24) is 4.90 Å². The highest BCUT2D eigenvalue weighted by atomic mass is 28.4. The van der Waals surface area contributed by atoms with E-state index in [9.17, 15) is 9.59 Å². The zero-order valence-electron chi connectivity index (χ0n) is 23.6. The second-order valence-electron chi connectivity index (χ2n) is 13.5. The number of methoxy groups -OCH3 is 1. The molecule has 0 unspecified atom stereocenters. The van der Waals surface area contributed by atoms with Crippen LogP contribution in [0.4, 0.5) is 5.69 Å². The van der Waals surface area contributed by atoms with Gasteiger partial charge in [-0.25, -0.2) is 4.79 Å². The van der Waals surface area contributed by atoms with Gasteiger partial charge in [0.25, 0.3) is 0 Å². The lowest BCUT2D eigenvalue weighted by molar-refractivity contribution is -0.212. The van der Waals surface area contributed by atoms with Crippen LogP contribution in [0.25, 0.3) is 0 Å². The average Bonchev–Trinajstić information content (AvgIpc) is 3.50. The molecule has 4 fully saturated rings. The van der Waals surface area contributed by atoms with E-state index in [1.165, 1.54) is 12.7 Å². The Morgan fingerprint density at radius 2 is 1.92 bits per heavy atom. The third-order valence-electron chi connectivity index (χ3n) is 11.6. The lowest BCUT2D eigenvalue weighted by atomic mass is 9.45. The molecule has 202 valence electrons. The van der Waals surface area contributed by atoms with Crippen molar-refractivity contribution in [1.29, 1.82) is 0 Å². The van der Waals surface area contributed by atoms with Crippen LogP contribution in [0.3, 0.4) is 0 Å². The molecule has 6 atom stereocenters. The van der Waals surface area contributed by atoms with Gasteiger partial charge in [-0.3, -0.25) is 4.79 Å². The second-order valence-corrected chi connectivity index (χ2v) is 18.3. The Labute approximate surface area is 221 Å². The summed E-state index contributed by atoms with van der Waals surface area (Å²) in [7, 11) is 1.42. The van der Waals surface area contributed by atoms with Crippen LogP contribution in [0.5, 0.6) is 0 Å². The summed E-state index contributed by atoms with van der Waals surface area (Å²) >= 11 is 0. The van der Waals surface area contributed by atoms with E-state index >= 15 is 0 Å². The van der Waals surface area contributed by atoms with Crippen LogP contribution in [0, 0.1) is 11.3 Å². The number of ether oxygens (including phenoxy) is 2. The first-order valence-electron chi connectivity index (χ1n) is 13.9. The van der Waals surface area contributed by atoms with E-state index in [0.29, 0.717) is 26.0 Å². The van der Waals surface area contributed by atoms with Gasteiger partial charge in [-0.2, -0.15) is 0 Å². The maximum Gasteiger partial charge on any atom is 0.340 e. The van der Waals surface area contributed by atoms with Crippen LogP contribution >= 0.6 is 0 Å². The van der Waals surface area contributed by atoms with Crippen LogP contribution in [-0.2, 0) is 28.9 Å². The Hall–Kier alpha value is -1.90. The fourth-order valence-corrected chi connectivity index (χ4v) is 10.1. The molecule has 0 aromatic heterocycles. The summed E-state index contributed by atoms with van der Waals surface area (Å²) in [4.78, 5) is 32.1. The molecule has 1 amide bonds. The number of carbonyl (C=O) groups is 2. The van der Waals surface area contributed by atoms with Crippen molar-refractivity contribution in [3.8, 4) is 0 Å². The quantitative estimate of drug-likeness (QED) is 0.417. The van der Waals surface area contributed by atoms with Crippen LogP contribution in [0.15, 0.2) is 24.3 Å². The number of anilines is 1. The Bertz CT molecular complexity index is 1180. The third kappa shape index (κ3) is 2.48. The molecule has 7 nitrogen and oxygen atoms in total. The fraction of sp³-hybridized carbons (Fsp3) is 0.724. The summed E-state index contributed by atoms with van der Waals surface area (Å²) in [6, 6.07) is 8.21. The first-order valence-corrected chi connectivity index (χ1v) is 16.8. The van der Waals surface area contributed by atoms with Crippen molar-refractivity contribution in [3.05, 3.63) is 29.8 Å². The van der Waals surface area contributed by atoms with Gasteiger partial charge in [0.15, 0.2) is 19.6 Å². The highest BCUT2D eigenvalue weighted by molar-refractivity contribution is 6.74. The number of fused-ring (bicyclic) bond motifs is 3. The average molecular weight is 527 g/mol. The van der Waals surface area contributed by atoms with Gasteiger partial charge in [-0.1, -0.05) is 45.9 Å². The normalized spacial score (nSPS) is 39.6. The molecule has 2 spiro atoms. The standard InChI is InChI=1S/C29H42N2O5Si/c1-9-26-15-14-22(32)31-17-16-27-19-12-10-11-13-20(19)30(5)23(27)28(24(33)34-6,36-29(26,27)31)21(26)18-35-37(7,8)25(2,3)4/h10-13,21,23H,9,14-18H2,1-8H3/t21-,23+,26-,27-,28+,29-/m0/s1. The van der Waals surface area contributed by atoms with Gasteiger partial charge < -0.3 is 23.7 Å². The summed E-state index contributed by atoms with van der Waals surface area (Å²) in [5.41, 5.74) is -0.712. The van der Waals surface area contributed by atoms with Gasteiger partial charge >= 0.3 is 5.97 Å². The van der Waals surface area contributed by atoms with Crippen molar-refractivity contribution >= 4 is 25.9 Å². The highest BCUT2D eigenvalue weighted by Crippen LogP contribution is 2.81. The number of piperidine rings is 1. The fourth-order valence-electron chi connectivity index (χ4n) is 9.11. The Kier molecular flexibility index (Phi) is 5.07. The molecule has 6 rings (SSSR count). The first kappa shape index (κ1) is 25.4. The molecule has 0 saturated carbocycles. The monoisotopic (exact) mass is 526 g/mol. The number of para-hydroxylation sites is 1. The summed E-state index contributed by atoms with van der Waals surface area (Å²) in [6.07, 6.45) is 2.76. The number of esters is 1. The van der Waals surface area contributed by atoms with Gasteiger partial charge in [0.05, 0.1) is 18.6 Å². The molecular weight excluding hydrogens is 484 g/mol. The van der Waals surface area contributed by atoms with Gasteiger partial charge in [0, 0.05) is 43.6 Å². The topological polar surface area (TPSA) is 68.3 Å². The van der Waals surface area contributed by atoms with E-state index < -0.39 is 30.5 Å². The molecule has 0 radical (unpaired) electrons. The molecule has 1 aromatic carbocycles. The van der Waals surface area contributed by atoms with Crippen molar-refractivity contribution in [2.24, 2.45) is 11.3 Å². The molecule has 5 heterocycles. The minimum absolute atomic E-state index is 0.0354. The molecule has 5 aliphatic heterocycles. The molecule has 2 bridgehead atoms. The second kappa shape index (κ2) is 7.39. The maximum absolute atomic E-state index is 14.2. The van der Waals surface area contributed by atoms with E-state index in [1.807, 2.05) is 4.90 Å². The molecule has 1 aromatic rings. The van der Waals surface area contributed by atoms with Crippen LogP contribution in [0.1, 0.15) is 58.9 Å². The van der Waals surface area contributed by atoms with Crippen molar-refractivity contribution in [3.63, 3.8) is 0 Å². The van der Waals surface area contributed by atoms with Crippen LogP contribution < -0.4 is 4.90 Å². The number of benzene rings is 1. The predicted octanol–water partition coefficient (Wildman–Crippen LogP) is 4.46. The van der Waals surface area contributed by atoms with Gasteiger partial charge in [-0.05, 0) is 49.0 Å². The molecule has 37 heavy (non-hydrogen) atoms. The van der Waals surface area contributed by atoms with Gasteiger partial charge in [0.2, 0.25) is 5.91 Å². The third-order valence-corrected chi connectivity index (χ3v) is 16.1. The smallest absolute Gasteiger partial charge is 0.340 e. The lowest BCUT2D eigenvalue weighted by Gasteiger charge is -2.60. The predicted molar refractivity (Wildman–Crippen MR) is 144 cm³/mol. The Morgan fingerprint density at radius 3 is 2.57 bits per heavy atom. The molecule has 5 aliphatic rings. The minimum Gasteiger partial charge on any atom is -0.467 e. The molecule has 4 saturated heterocycles. The van der Waals surface area contributed by atoms with Crippen LogP contribution in [0.2, 0.25) is 18.1 Å². The van der Waals surface area contributed by atoms with E-state index in [0.717, 1.165) is 18.5 Å². The Morgan fingerprint density at radius 1 is 1.22 bits per heavy atom. The summed E-state index contributed by atoms with van der Waals surface area (Å²) < 4.78 is 19.9. The zero-order chi connectivity index (χ0) is 26.8. The first-order chi connectivity index (χ1) is 17.3. The van der Waals surface area contributed by atoms with Gasteiger partial charge in [0.1, 0.15) is 0 Å². The van der Waals surface area contributed by atoms with Gasteiger partial charge in [-0.15, -0.1) is 0 Å². The van der Waals surface area contributed by atoms with E-state index in [-0.39, 0.29) is 28.9 Å². The lowest BCUT2D eigenvalue weighted by Crippen LogP contribution is -2.75.